The third-order valence-electron chi connectivity index (χ3n) is 4.86. The van der Waals surface area contributed by atoms with E-state index >= 15 is 0 Å². The molecule has 0 aromatic heterocycles. The summed E-state index contributed by atoms with van der Waals surface area (Å²) in [5, 5.41) is 4.43. The Kier molecular flexibility index (Phi) is 3.81. The molecule has 126 valence electrons. The van der Waals surface area contributed by atoms with Gasteiger partial charge in [-0.2, -0.15) is 5.10 Å². The molecule has 4 rings (SSSR count). The molecule has 1 unspecified atom stereocenters. The zero-order valence-electron chi connectivity index (χ0n) is 14.1. The van der Waals surface area contributed by atoms with E-state index in [0.29, 0.717) is 5.92 Å². The average Bonchev–Trinajstić information content (AvgIpc) is 3.01. The van der Waals surface area contributed by atoms with Gasteiger partial charge in [0.15, 0.2) is 0 Å². The van der Waals surface area contributed by atoms with Crippen molar-refractivity contribution in [2.75, 3.05) is 0 Å². The van der Waals surface area contributed by atoms with Crippen molar-refractivity contribution in [3.8, 4) is 0 Å². The Morgan fingerprint density at radius 3 is 2.83 bits per heavy atom. The number of hydrogen-bond donors (Lipinski definition) is 2. The van der Waals surface area contributed by atoms with Gasteiger partial charge >= 0.3 is 0 Å². The van der Waals surface area contributed by atoms with Gasteiger partial charge < -0.3 is 15.4 Å². The molecule has 0 saturated heterocycles. The van der Waals surface area contributed by atoms with Crippen molar-refractivity contribution >= 4 is 5.84 Å². The Balaban J connectivity index is 1.56. The van der Waals surface area contributed by atoms with Crippen molar-refractivity contribution in [2.45, 2.75) is 45.0 Å². The second-order valence-corrected chi connectivity index (χ2v) is 6.92. The van der Waals surface area contributed by atoms with Crippen molar-refractivity contribution in [3.05, 3.63) is 59.5 Å². The highest BCUT2D eigenvalue weighted by Gasteiger charge is 2.31. The molecule has 3 N–H and O–H groups in total. The van der Waals surface area contributed by atoms with Gasteiger partial charge in [-0.05, 0) is 36.1 Å². The van der Waals surface area contributed by atoms with E-state index in [9.17, 15) is 0 Å². The van der Waals surface area contributed by atoms with Crippen LogP contribution in [0, 0.1) is 5.92 Å². The van der Waals surface area contributed by atoms with Crippen molar-refractivity contribution in [2.24, 2.45) is 16.8 Å². The number of benzene rings is 1. The fourth-order valence-corrected chi connectivity index (χ4v) is 3.61. The lowest BCUT2D eigenvalue weighted by atomic mass is 9.86. The minimum atomic E-state index is 0.0588. The van der Waals surface area contributed by atoms with E-state index in [2.05, 4.69) is 59.7 Å². The van der Waals surface area contributed by atoms with Crippen molar-refractivity contribution in [1.82, 2.24) is 10.3 Å². The second-order valence-electron chi connectivity index (χ2n) is 6.92. The zero-order chi connectivity index (χ0) is 16.7. The normalized spacial score (nSPS) is 28.0. The van der Waals surface area contributed by atoms with Crippen LogP contribution in [0.15, 0.2) is 53.5 Å². The van der Waals surface area contributed by atoms with Crippen LogP contribution >= 0.6 is 0 Å². The number of allylic oxidation sites excluding steroid dienone is 1. The summed E-state index contributed by atoms with van der Waals surface area (Å²) in [6, 6.07) is 8.47. The van der Waals surface area contributed by atoms with E-state index in [1.54, 1.807) is 0 Å². The Bertz CT molecular complexity index is 722. The van der Waals surface area contributed by atoms with Crippen LogP contribution in [0.25, 0.3) is 0 Å². The lowest BCUT2D eigenvalue weighted by Gasteiger charge is -2.32. The molecule has 0 fully saturated rings. The minimum absolute atomic E-state index is 0.0588. The molecule has 5 nitrogen and oxygen atoms in total. The summed E-state index contributed by atoms with van der Waals surface area (Å²) in [6.45, 7) is 4.29. The molecule has 24 heavy (non-hydrogen) atoms. The Morgan fingerprint density at radius 2 is 2.04 bits per heavy atom. The van der Waals surface area contributed by atoms with Gasteiger partial charge in [0.2, 0.25) is 0 Å². The largest absolute Gasteiger partial charge is 0.484 e. The van der Waals surface area contributed by atoms with Gasteiger partial charge in [0.05, 0.1) is 0 Å². The molecule has 1 aromatic carbocycles. The first kappa shape index (κ1) is 15.3. The molecule has 2 heterocycles. The van der Waals surface area contributed by atoms with Crippen LogP contribution in [0.4, 0.5) is 0 Å². The maximum absolute atomic E-state index is 6.34. The van der Waals surface area contributed by atoms with E-state index in [-0.39, 0.29) is 18.3 Å². The SMILES string of the molecule is CC(C)C1=NNC2C=CC(O[C@@H]3CC[C@H](N)c4ccccc43)=CN12. The Morgan fingerprint density at radius 1 is 1.25 bits per heavy atom. The van der Waals surface area contributed by atoms with Crippen LogP contribution in [0.1, 0.15) is 50.0 Å². The van der Waals surface area contributed by atoms with Crippen LogP contribution in [-0.2, 0) is 4.74 Å². The van der Waals surface area contributed by atoms with Crippen molar-refractivity contribution in [3.63, 3.8) is 0 Å². The fraction of sp³-hybridized carbons (Fsp3) is 0.421. The highest BCUT2D eigenvalue weighted by Crippen LogP contribution is 2.38. The summed E-state index contributed by atoms with van der Waals surface area (Å²) in [6.07, 6.45) is 8.23. The number of hydrogen-bond acceptors (Lipinski definition) is 5. The molecular weight excluding hydrogens is 300 g/mol. The molecule has 0 amide bonds. The number of nitrogens with zero attached hydrogens (tertiary/aromatic N) is 2. The summed E-state index contributed by atoms with van der Waals surface area (Å²) >= 11 is 0. The topological polar surface area (TPSA) is 62.9 Å². The highest BCUT2D eigenvalue weighted by molar-refractivity contribution is 5.86. The van der Waals surface area contributed by atoms with Gasteiger partial charge in [-0.15, -0.1) is 0 Å². The summed E-state index contributed by atoms with van der Waals surface area (Å²) in [7, 11) is 0. The maximum atomic E-state index is 6.34. The average molecular weight is 324 g/mol. The molecule has 0 radical (unpaired) electrons. The zero-order valence-corrected chi connectivity index (χ0v) is 14.1. The van der Waals surface area contributed by atoms with Crippen LogP contribution in [0.3, 0.4) is 0 Å². The van der Waals surface area contributed by atoms with E-state index in [0.717, 1.165) is 24.4 Å². The van der Waals surface area contributed by atoms with Gasteiger partial charge in [-0.25, -0.2) is 0 Å². The number of amidine groups is 1. The van der Waals surface area contributed by atoms with Gasteiger partial charge in [0.1, 0.15) is 23.9 Å². The van der Waals surface area contributed by atoms with Gasteiger partial charge in [-0.3, -0.25) is 5.43 Å². The van der Waals surface area contributed by atoms with E-state index in [1.807, 2.05) is 12.1 Å². The monoisotopic (exact) mass is 324 g/mol. The molecule has 1 aliphatic carbocycles. The lowest BCUT2D eigenvalue weighted by Crippen LogP contribution is -2.38. The first-order valence-corrected chi connectivity index (χ1v) is 8.66. The van der Waals surface area contributed by atoms with Crippen LogP contribution < -0.4 is 11.2 Å². The molecule has 0 bridgehead atoms. The predicted octanol–water partition coefficient (Wildman–Crippen LogP) is 3.15. The number of hydrazone groups is 1. The van der Waals surface area contributed by atoms with Gasteiger partial charge in [-0.1, -0.05) is 38.1 Å². The maximum Gasteiger partial charge on any atom is 0.140 e. The number of nitrogens with one attached hydrogen (secondary N) is 1. The minimum Gasteiger partial charge on any atom is -0.484 e. The van der Waals surface area contributed by atoms with Crippen molar-refractivity contribution in [1.29, 1.82) is 0 Å². The van der Waals surface area contributed by atoms with Crippen LogP contribution in [0.5, 0.6) is 0 Å². The lowest BCUT2D eigenvalue weighted by molar-refractivity contribution is 0.100. The third-order valence-corrected chi connectivity index (χ3v) is 4.86. The quantitative estimate of drug-likeness (QED) is 0.896. The molecule has 1 aromatic rings. The standard InChI is InChI=1S/C19H24N4O/c1-12(2)19-22-21-18-10-7-13(11-23(18)19)24-17-9-8-16(20)14-5-3-4-6-15(14)17/h3-7,10-12,16-18,21H,8-9,20H2,1-2H3/t16-,17+,18?/m0/s1. The molecule has 0 saturated carbocycles. The molecule has 3 aliphatic rings. The van der Waals surface area contributed by atoms with Crippen LogP contribution in [0.2, 0.25) is 0 Å². The van der Waals surface area contributed by atoms with Gasteiger partial charge in [0, 0.05) is 18.2 Å². The predicted molar refractivity (Wildman–Crippen MR) is 94.7 cm³/mol. The Hall–Kier alpha value is -2.27. The number of rotatable bonds is 3. The summed E-state index contributed by atoms with van der Waals surface area (Å²) in [4.78, 5) is 2.15. The summed E-state index contributed by atoms with van der Waals surface area (Å²) in [5.41, 5.74) is 11.8. The van der Waals surface area contributed by atoms with E-state index in [1.165, 1.54) is 11.1 Å². The smallest absolute Gasteiger partial charge is 0.140 e. The molecule has 3 atom stereocenters. The van der Waals surface area contributed by atoms with E-state index in [4.69, 9.17) is 10.5 Å². The fourth-order valence-electron chi connectivity index (χ4n) is 3.61. The van der Waals surface area contributed by atoms with Crippen LogP contribution in [-0.4, -0.2) is 16.9 Å². The summed E-state index contributed by atoms with van der Waals surface area (Å²) < 4.78 is 6.34. The highest BCUT2D eigenvalue weighted by atomic mass is 16.5. The molecule has 0 spiro atoms. The van der Waals surface area contributed by atoms with Crippen molar-refractivity contribution < 1.29 is 4.74 Å². The summed E-state index contributed by atoms with van der Waals surface area (Å²) in [5.74, 6) is 2.27. The van der Waals surface area contributed by atoms with Gasteiger partial charge in [0.25, 0.3) is 0 Å². The number of ether oxygens (including phenoxy) is 1. The third kappa shape index (κ3) is 2.59. The number of nitrogens with two attached hydrogens (primary N) is 1. The molecule has 2 aliphatic heterocycles. The Labute approximate surface area is 142 Å². The first-order chi connectivity index (χ1) is 11.6. The first-order valence-electron chi connectivity index (χ1n) is 8.66. The molecular formula is C19H24N4O. The second kappa shape index (κ2) is 5.98. The molecule has 5 heteroatoms. The van der Waals surface area contributed by atoms with E-state index < -0.39 is 0 Å². The number of fused-ring (bicyclic) bond motifs is 2.